The second-order valence-electron chi connectivity index (χ2n) is 2.84. The fourth-order valence-corrected chi connectivity index (χ4v) is 2.61. The number of hydrogen-bond donors (Lipinski definition) is 0. The number of halogens is 3. The van der Waals surface area contributed by atoms with Crippen LogP contribution in [-0.2, 0) is 14.8 Å². The Hall–Kier alpha value is -0.130. The lowest BCUT2D eigenvalue weighted by Crippen LogP contribution is -2.01. The van der Waals surface area contributed by atoms with Crippen LogP contribution >= 0.6 is 26.6 Å². The van der Waals surface area contributed by atoms with Crippen LogP contribution in [0.15, 0.2) is 16.6 Å². The Labute approximate surface area is 94.6 Å². The normalized spacial score (nSPS) is 11.7. The van der Waals surface area contributed by atoms with Crippen molar-refractivity contribution in [3.63, 3.8) is 0 Å². The fourth-order valence-electron chi connectivity index (χ4n) is 1.02. The molecular formula is C8H7BrClFO2S. The number of hydrogen-bond acceptors (Lipinski definition) is 2. The third-order valence-electron chi connectivity index (χ3n) is 1.70. The zero-order valence-corrected chi connectivity index (χ0v) is 10.4. The Kier molecular flexibility index (Phi) is 3.55. The van der Waals surface area contributed by atoms with Gasteiger partial charge in [-0.25, -0.2) is 12.8 Å². The Morgan fingerprint density at radius 2 is 2.07 bits per heavy atom. The van der Waals surface area contributed by atoms with Crippen LogP contribution in [0.2, 0.25) is 0 Å². The average Bonchev–Trinajstić information content (AvgIpc) is 2.04. The monoisotopic (exact) mass is 300 g/mol. The summed E-state index contributed by atoms with van der Waals surface area (Å²) < 4.78 is 35.4. The molecular weight excluding hydrogens is 295 g/mol. The predicted molar refractivity (Wildman–Crippen MR) is 57.3 cm³/mol. The van der Waals surface area contributed by atoms with Crippen molar-refractivity contribution in [2.24, 2.45) is 0 Å². The van der Waals surface area contributed by atoms with Crippen LogP contribution in [0.1, 0.15) is 11.1 Å². The van der Waals surface area contributed by atoms with Crippen LogP contribution in [0.25, 0.3) is 0 Å². The topological polar surface area (TPSA) is 34.1 Å². The molecule has 0 fully saturated rings. The van der Waals surface area contributed by atoms with Crippen molar-refractivity contribution in [1.29, 1.82) is 0 Å². The van der Waals surface area contributed by atoms with Gasteiger partial charge in [0.25, 0.3) is 0 Å². The molecule has 0 spiro atoms. The molecule has 0 N–H and O–H groups in total. The van der Waals surface area contributed by atoms with E-state index in [-0.39, 0.29) is 5.56 Å². The lowest BCUT2D eigenvalue weighted by molar-refractivity contribution is 0.592. The van der Waals surface area contributed by atoms with E-state index in [1.165, 1.54) is 0 Å². The van der Waals surface area contributed by atoms with E-state index in [0.29, 0.717) is 10.0 Å². The van der Waals surface area contributed by atoms with Crippen LogP contribution < -0.4 is 0 Å². The molecule has 14 heavy (non-hydrogen) atoms. The Morgan fingerprint density at radius 1 is 1.50 bits per heavy atom. The zero-order chi connectivity index (χ0) is 10.9. The first-order valence-electron chi connectivity index (χ1n) is 3.67. The number of benzene rings is 1. The molecule has 1 aromatic rings. The average molecular weight is 302 g/mol. The van der Waals surface area contributed by atoms with Gasteiger partial charge in [0.1, 0.15) is 5.82 Å². The minimum Gasteiger partial charge on any atom is -0.212 e. The summed E-state index contributed by atoms with van der Waals surface area (Å²) >= 11 is 3.07. The van der Waals surface area contributed by atoms with E-state index in [2.05, 4.69) is 15.9 Å². The highest BCUT2D eigenvalue weighted by Gasteiger charge is 2.16. The minimum absolute atomic E-state index is 0.0694. The van der Waals surface area contributed by atoms with E-state index in [9.17, 15) is 12.8 Å². The lowest BCUT2D eigenvalue weighted by atomic mass is 10.1. The smallest absolute Gasteiger partial charge is 0.212 e. The van der Waals surface area contributed by atoms with Crippen molar-refractivity contribution >= 4 is 35.7 Å². The number of aryl methyl sites for hydroxylation is 1. The molecule has 1 rings (SSSR count). The summed E-state index contributed by atoms with van der Waals surface area (Å²) in [5.74, 6) is -1.05. The number of rotatable bonds is 2. The highest BCUT2D eigenvalue weighted by atomic mass is 79.9. The molecule has 6 heteroatoms. The molecule has 0 radical (unpaired) electrons. The molecule has 0 atom stereocenters. The van der Waals surface area contributed by atoms with Crippen molar-refractivity contribution in [1.82, 2.24) is 0 Å². The summed E-state index contributed by atoms with van der Waals surface area (Å²) in [6.07, 6.45) is 0. The van der Waals surface area contributed by atoms with Crippen LogP contribution in [-0.4, -0.2) is 8.42 Å². The van der Waals surface area contributed by atoms with Crippen molar-refractivity contribution in [3.8, 4) is 0 Å². The van der Waals surface area contributed by atoms with Gasteiger partial charge in [-0.3, -0.25) is 0 Å². The summed E-state index contributed by atoms with van der Waals surface area (Å²) in [6, 6.07) is 3.15. The van der Waals surface area contributed by atoms with Gasteiger partial charge >= 0.3 is 0 Å². The van der Waals surface area contributed by atoms with Gasteiger partial charge in [-0.1, -0.05) is 22.0 Å². The highest BCUT2D eigenvalue weighted by Crippen LogP contribution is 2.25. The third-order valence-corrected chi connectivity index (χ3v) is 3.40. The summed E-state index contributed by atoms with van der Waals surface area (Å²) in [7, 11) is 1.31. The minimum atomic E-state index is -3.74. The molecule has 1 aromatic carbocycles. The van der Waals surface area contributed by atoms with E-state index in [1.54, 1.807) is 19.1 Å². The van der Waals surface area contributed by atoms with Gasteiger partial charge in [0.15, 0.2) is 0 Å². The van der Waals surface area contributed by atoms with Crippen molar-refractivity contribution in [2.75, 3.05) is 0 Å². The Morgan fingerprint density at radius 3 is 2.57 bits per heavy atom. The zero-order valence-electron chi connectivity index (χ0n) is 7.22. The molecule has 0 amide bonds. The van der Waals surface area contributed by atoms with Crippen molar-refractivity contribution < 1.29 is 12.8 Å². The predicted octanol–water partition coefficient (Wildman–Crippen LogP) is 2.97. The largest absolute Gasteiger partial charge is 0.236 e. The first-order valence-corrected chi connectivity index (χ1v) is 6.94. The molecule has 0 saturated heterocycles. The first kappa shape index (κ1) is 11.9. The quantitative estimate of drug-likeness (QED) is 0.787. The summed E-state index contributed by atoms with van der Waals surface area (Å²) in [4.78, 5) is 0. The molecule has 0 unspecified atom stereocenters. The Bertz CT molecular complexity index is 459. The van der Waals surface area contributed by atoms with Crippen LogP contribution in [0.4, 0.5) is 4.39 Å². The van der Waals surface area contributed by atoms with Gasteiger partial charge in [-0.15, -0.1) is 0 Å². The maximum atomic E-state index is 13.4. The van der Waals surface area contributed by atoms with E-state index in [1.807, 2.05) is 0 Å². The van der Waals surface area contributed by atoms with Crippen LogP contribution in [0.3, 0.4) is 0 Å². The lowest BCUT2D eigenvalue weighted by Gasteiger charge is -2.05. The second-order valence-corrected chi connectivity index (χ2v) is 6.47. The Balaban J connectivity index is 3.27. The third kappa shape index (κ3) is 2.93. The summed E-state index contributed by atoms with van der Waals surface area (Å²) in [5, 5.41) is 0. The maximum Gasteiger partial charge on any atom is 0.236 e. The van der Waals surface area contributed by atoms with Gasteiger partial charge in [0.2, 0.25) is 9.05 Å². The molecule has 0 aromatic heterocycles. The van der Waals surface area contributed by atoms with Gasteiger partial charge in [-0.05, 0) is 18.6 Å². The van der Waals surface area contributed by atoms with Gasteiger partial charge in [0.05, 0.1) is 5.75 Å². The SMILES string of the molecule is Cc1ccc(Br)c(CS(=O)(=O)Cl)c1F. The van der Waals surface area contributed by atoms with E-state index in [0.717, 1.165) is 0 Å². The van der Waals surface area contributed by atoms with Crippen LogP contribution in [0, 0.1) is 12.7 Å². The maximum absolute atomic E-state index is 13.4. The van der Waals surface area contributed by atoms with Crippen molar-refractivity contribution in [2.45, 2.75) is 12.7 Å². The molecule has 0 aliphatic carbocycles. The van der Waals surface area contributed by atoms with E-state index >= 15 is 0 Å². The first-order chi connectivity index (χ1) is 6.31. The molecule has 0 heterocycles. The van der Waals surface area contributed by atoms with Gasteiger partial charge < -0.3 is 0 Å². The van der Waals surface area contributed by atoms with Gasteiger partial charge in [0, 0.05) is 20.7 Å². The van der Waals surface area contributed by atoms with E-state index in [4.69, 9.17) is 10.7 Å². The summed E-state index contributed by atoms with van der Waals surface area (Å²) in [6.45, 7) is 1.56. The van der Waals surface area contributed by atoms with E-state index < -0.39 is 20.6 Å². The molecule has 0 aliphatic rings. The van der Waals surface area contributed by atoms with Gasteiger partial charge in [-0.2, -0.15) is 0 Å². The van der Waals surface area contributed by atoms with Crippen LogP contribution in [0.5, 0.6) is 0 Å². The molecule has 2 nitrogen and oxygen atoms in total. The standard InChI is InChI=1S/C8H7BrClFO2S/c1-5-2-3-7(9)6(8(5)11)4-14(10,12)13/h2-3H,4H2,1H3. The summed E-state index contributed by atoms with van der Waals surface area (Å²) in [5.41, 5.74) is 0.462. The molecule has 78 valence electrons. The molecule has 0 aliphatic heterocycles. The fraction of sp³-hybridized carbons (Fsp3) is 0.250. The second kappa shape index (κ2) is 4.16. The molecule has 0 saturated carbocycles. The molecule has 0 bridgehead atoms. The van der Waals surface area contributed by atoms with Crippen molar-refractivity contribution in [3.05, 3.63) is 33.5 Å². The highest BCUT2D eigenvalue weighted by molar-refractivity contribution is 9.10.